The number of nitrogens with zero attached hydrogens (tertiary/aromatic N) is 3. The van der Waals surface area contributed by atoms with Crippen LogP contribution in [0.4, 0.5) is 10.2 Å². The fourth-order valence-electron chi connectivity index (χ4n) is 2.33. The van der Waals surface area contributed by atoms with Crippen LogP contribution in [-0.2, 0) is 6.54 Å². The van der Waals surface area contributed by atoms with Crippen LogP contribution in [0.1, 0.15) is 18.9 Å². The molecule has 1 heterocycles. The van der Waals surface area contributed by atoms with Gasteiger partial charge in [-0.15, -0.1) is 0 Å². The predicted molar refractivity (Wildman–Crippen MR) is 96.0 cm³/mol. The summed E-state index contributed by atoms with van der Waals surface area (Å²) in [5, 5.41) is 0. The number of ether oxygens (including phenoxy) is 1. The lowest BCUT2D eigenvalue weighted by atomic mass is 10.2. The minimum absolute atomic E-state index is 0.311. The van der Waals surface area contributed by atoms with Crippen molar-refractivity contribution in [2.24, 2.45) is 0 Å². The second-order valence-electron chi connectivity index (χ2n) is 6.03. The first kappa shape index (κ1) is 18.2. The Morgan fingerprint density at radius 1 is 1.12 bits per heavy atom. The van der Waals surface area contributed by atoms with Gasteiger partial charge in [0.1, 0.15) is 5.82 Å². The second-order valence-corrected chi connectivity index (χ2v) is 6.03. The third-order valence-corrected chi connectivity index (χ3v) is 3.62. The molecule has 0 saturated heterocycles. The van der Waals surface area contributed by atoms with Gasteiger partial charge in [0.2, 0.25) is 0 Å². The summed E-state index contributed by atoms with van der Waals surface area (Å²) in [5.74, 6) is 0.902. The van der Waals surface area contributed by atoms with Gasteiger partial charge in [-0.2, -0.15) is 0 Å². The SMILES string of the molecule is CCCOc1ccc(CN(CCN(C)C)c2ccccn2)cc1F. The molecular weight excluding hydrogens is 305 g/mol. The van der Waals surface area contributed by atoms with Gasteiger partial charge in [0, 0.05) is 25.8 Å². The summed E-state index contributed by atoms with van der Waals surface area (Å²) in [6, 6.07) is 11.0. The molecule has 0 atom stereocenters. The van der Waals surface area contributed by atoms with Crippen molar-refractivity contribution in [3.8, 4) is 5.75 Å². The highest BCUT2D eigenvalue weighted by molar-refractivity contribution is 5.40. The third kappa shape index (κ3) is 5.49. The number of benzene rings is 1. The highest BCUT2D eigenvalue weighted by Crippen LogP contribution is 2.21. The molecule has 1 aromatic carbocycles. The molecule has 130 valence electrons. The Kier molecular flexibility index (Phi) is 7.00. The maximum atomic E-state index is 14.2. The molecule has 5 heteroatoms. The molecular formula is C19H26FN3O. The molecule has 4 nitrogen and oxygen atoms in total. The largest absolute Gasteiger partial charge is 0.491 e. The maximum absolute atomic E-state index is 14.2. The van der Waals surface area contributed by atoms with E-state index in [1.54, 1.807) is 18.3 Å². The van der Waals surface area contributed by atoms with E-state index in [-0.39, 0.29) is 5.82 Å². The summed E-state index contributed by atoms with van der Waals surface area (Å²) < 4.78 is 19.6. The van der Waals surface area contributed by atoms with E-state index in [2.05, 4.69) is 14.8 Å². The van der Waals surface area contributed by atoms with Crippen LogP contribution in [0, 0.1) is 5.82 Å². The number of halogens is 1. The summed E-state index contributed by atoms with van der Waals surface area (Å²) >= 11 is 0. The Bertz CT molecular complexity index is 619. The molecule has 0 aliphatic heterocycles. The Morgan fingerprint density at radius 3 is 2.58 bits per heavy atom. The van der Waals surface area contributed by atoms with E-state index in [1.165, 1.54) is 0 Å². The molecule has 2 aromatic rings. The summed E-state index contributed by atoms with van der Waals surface area (Å²) in [7, 11) is 4.08. The molecule has 0 bridgehead atoms. The van der Waals surface area contributed by atoms with Crippen LogP contribution in [-0.4, -0.2) is 43.7 Å². The molecule has 0 unspecified atom stereocenters. The second kappa shape index (κ2) is 9.23. The van der Waals surface area contributed by atoms with Crippen molar-refractivity contribution in [1.29, 1.82) is 0 Å². The molecule has 0 aliphatic rings. The summed E-state index contributed by atoms with van der Waals surface area (Å²) in [6.45, 7) is 4.85. The first-order valence-corrected chi connectivity index (χ1v) is 8.32. The van der Waals surface area contributed by atoms with Gasteiger partial charge in [0.05, 0.1) is 6.61 Å². The zero-order chi connectivity index (χ0) is 17.4. The zero-order valence-corrected chi connectivity index (χ0v) is 14.7. The number of aromatic nitrogens is 1. The minimum atomic E-state index is -0.311. The third-order valence-electron chi connectivity index (χ3n) is 3.62. The van der Waals surface area contributed by atoms with Crippen LogP contribution in [0.25, 0.3) is 0 Å². The van der Waals surface area contributed by atoms with Crippen LogP contribution in [0.5, 0.6) is 5.75 Å². The van der Waals surface area contributed by atoms with Gasteiger partial charge >= 0.3 is 0 Å². The molecule has 2 rings (SSSR count). The smallest absolute Gasteiger partial charge is 0.165 e. The lowest BCUT2D eigenvalue weighted by molar-refractivity contribution is 0.301. The number of pyridine rings is 1. The Labute approximate surface area is 143 Å². The average Bonchev–Trinajstić information content (AvgIpc) is 2.58. The van der Waals surface area contributed by atoms with Crippen LogP contribution in [0.3, 0.4) is 0 Å². The molecule has 1 aromatic heterocycles. The molecule has 24 heavy (non-hydrogen) atoms. The monoisotopic (exact) mass is 331 g/mol. The lowest BCUT2D eigenvalue weighted by Gasteiger charge is -2.25. The predicted octanol–water partition coefficient (Wildman–Crippen LogP) is 3.58. The number of hydrogen-bond acceptors (Lipinski definition) is 4. The minimum Gasteiger partial charge on any atom is -0.491 e. The molecule has 0 aliphatic carbocycles. The van der Waals surface area contributed by atoms with Crippen molar-refractivity contribution in [2.45, 2.75) is 19.9 Å². The van der Waals surface area contributed by atoms with E-state index in [0.29, 0.717) is 18.9 Å². The van der Waals surface area contributed by atoms with Gasteiger partial charge in [0.25, 0.3) is 0 Å². The van der Waals surface area contributed by atoms with Gasteiger partial charge in [-0.3, -0.25) is 0 Å². The van der Waals surface area contributed by atoms with Crippen molar-refractivity contribution in [1.82, 2.24) is 9.88 Å². The molecule has 0 fully saturated rings. The lowest BCUT2D eigenvalue weighted by Crippen LogP contribution is -2.31. The van der Waals surface area contributed by atoms with Crippen LogP contribution in [0.15, 0.2) is 42.6 Å². The van der Waals surface area contributed by atoms with Crippen molar-refractivity contribution >= 4 is 5.82 Å². The summed E-state index contributed by atoms with van der Waals surface area (Å²) in [5.41, 5.74) is 0.903. The van der Waals surface area contributed by atoms with Crippen LogP contribution in [0.2, 0.25) is 0 Å². The van der Waals surface area contributed by atoms with E-state index in [1.807, 2.05) is 45.3 Å². The maximum Gasteiger partial charge on any atom is 0.165 e. The number of hydrogen-bond donors (Lipinski definition) is 0. The zero-order valence-electron chi connectivity index (χ0n) is 14.7. The van der Waals surface area contributed by atoms with E-state index >= 15 is 0 Å². The summed E-state index contributed by atoms with van der Waals surface area (Å²) in [6.07, 6.45) is 2.64. The highest BCUT2D eigenvalue weighted by atomic mass is 19.1. The van der Waals surface area contributed by atoms with Crippen LogP contribution >= 0.6 is 0 Å². The number of likely N-dealkylation sites (N-methyl/N-ethyl adjacent to an activating group) is 1. The Hall–Kier alpha value is -2.14. The van der Waals surface area contributed by atoms with Crippen LogP contribution < -0.4 is 9.64 Å². The van der Waals surface area contributed by atoms with Gasteiger partial charge in [-0.1, -0.05) is 19.1 Å². The van der Waals surface area contributed by atoms with Gasteiger partial charge < -0.3 is 14.5 Å². The fraction of sp³-hybridized carbons (Fsp3) is 0.421. The molecule has 0 amide bonds. The Morgan fingerprint density at radius 2 is 1.96 bits per heavy atom. The van der Waals surface area contributed by atoms with Crippen molar-refractivity contribution in [2.75, 3.05) is 38.7 Å². The van der Waals surface area contributed by atoms with Gasteiger partial charge in [-0.05, 0) is 50.3 Å². The van der Waals surface area contributed by atoms with Crippen molar-refractivity contribution in [3.63, 3.8) is 0 Å². The van der Waals surface area contributed by atoms with E-state index in [0.717, 1.165) is 30.9 Å². The quantitative estimate of drug-likeness (QED) is 0.702. The average molecular weight is 331 g/mol. The number of anilines is 1. The topological polar surface area (TPSA) is 28.6 Å². The van der Waals surface area contributed by atoms with Crippen molar-refractivity contribution < 1.29 is 9.13 Å². The van der Waals surface area contributed by atoms with E-state index < -0.39 is 0 Å². The standard InChI is InChI=1S/C19H26FN3O/c1-4-13-24-18-9-8-16(14-17(18)20)15-23(12-11-22(2)3)19-7-5-6-10-21-19/h5-10,14H,4,11-13,15H2,1-3H3. The van der Waals surface area contributed by atoms with E-state index in [9.17, 15) is 4.39 Å². The van der Waals surface area contributed by atoms with E-state index in [4.69, 9.17) is 4.74 Å². The first-order chi connectivity index (χ1) is 11.6. The van der Waals surface area contributed by atoms with Crippen molar-refractivity contribution in [3.05, 3.63) is 54.0 Å². The first-order valence-electron chi connectivity index (χ1n) is 8.32. The fourth-order valence-corrected chi connectivity index (χ4v) is 2.33. The number of rotatable bonds is 9. The molecule has 0 saturated carbocycles. The van der Waals surface area contributed by atoms with Gasteiger partial charge in [0.15, 0.2) is 11.6 Å². The molecule has 0 radical (unpaired) electrons. The summed E-state index contributed by atoms with van der Waals surface area (Å²) in [4.78, 5) is 8.70. The van der Waals surface area contributed by atoms with Gasteiger partial charge in [-0.25, -0.2) is 9.37 Å². The normalized spacial score (nSPS) is 10.9. The highest BCUT2D eigenvalue weighted by Gasteiger charge is 2.11. The molecule has 0 N–H and O–H groups in total. The Balaban J connectivity index is 2.12. The molecule has 0 spiro atoms.